The van der Waals surface area contributed by atoms with Crippen molar-refractivity contribution in [1.82, 2.24) is 25.3 Å². The van der Waals surface area contributed by atoms with Crippen molar-refractivity contribution in [2.24, 2.45) is 16.6 Å². The van der Waals surface area contributed by atoms with Gasteiger partial charge in [0.05, 0.1) is 24.5 Å². The summed E-state index contributed by atoms with van der Waals surface area (Å²) in [5.74, 6) is 2.82. The van der Waals surface area contributed by atoms with Crippen LogP contribution in [0.15, 0.2) is 46.9 Å². The monoisotopic (exact) mass is 494 g/mol. The Kier molecular flexibility index (Phi) is 6.59. The number of rotatable bonds is 5. The van der Waals surface area contributed by atoms with E-state index in [1.165, 1.54) is 5.57 Å². The fourth-order valence-corrected chi connectivity index (χ4v) is 5.87. The van der Waals surface area contributed by atoms with Crippen molar-refractivity contribution in [3.8, 4) is 5.75 Å². The highest BCUT2D eigenvalue weighted by Gasteiger charge is 2.60. The maximum absolute atomic E-state index is 8.36. The topological polar surface area (TPSA) is 144 Å². The number of hydrogen-bond acceptors (Lipinski definition) is 9. The first-order chi connectivity index (χ1) is 17.5. The molecule has 6 N–H and O–H groups in total. The number of nitrogens with zero attached hydrogens (tertiary/aromatic N) is 4. The van der Waals surface area contributed by atoms with Gasteiger partial charge in [-0.25, -0.2) is 4.99 Å². The van der Waals surface area contributed by atoms with Crippen molar-refractivity contribution in [3.63, 3.8) is 0 Å². The zero-order valence-electron chi connectivity index (χ0n) is 20.7. The van der Waals surface area contributed by atoms with E-state index in [1.54, 1.807) is 7.11 Å². The van der Waals surface area contributed by atoms with Gasteiger partial charge in [-0.05, 0) is 38.3 Å². The van der Waals surface area contributed by atoms with Gasteiger partial charge in [-0.3, -0.25) is 14.8 Å². The Morgan fingerprint density at radius 3 is 2.75 bits per heavy atom. The Balaban J connectivity index is 0.000000848. The summed E-state index contributed by atoms with van der Waals surface area (Å²) in [5.41, 5.74) is 9.10. The molecule has 2 bridgehead atoms. The number of amidine groups is 1. The molecule has 11 heteroatoms. The standard InChI is InChI=1S/C24H32N8O.CH2O2/c1-31-8-10-32(11-9-31)21-23-27-22(25)20(15-6-4-3-5-7-15)24(21,29-23)28-18-12-16-14-26-30-17(16)13-19(18)33-2;2-1-3/h3-4,12-15,21,28H,5-11,25H2,1-2H3,(H,26,30)(H,27,29);1H,(H,2,3). The van der Waals surface area contributed by atoms with Crippen LogP contribution in [0.2, 0.25) is 0 Å². The number of carboxylic acid groups (broad SMARTS) is 1. The van der Waals surface area contributed by atoms with Crippen LogP contribution in [0.4, 0.5) is 5.69 Å². The van der Waals surface area contributed by atoms with E-state index in [0.29, 0.717) is 5.92 Å². The number of nitrogens with two attached hydrogens (primary N) is 1. The average molecular weight is 495 g/mol. The molecule has 11 nitrogen and oxygen atoms in total. The van der Waals surface area contributed by atoms with Crippen LogP contribution in [0, 0.1) is 5.92 Å². The number of carbonyl (C=O) groups is 1. The number of ether oxygens (including phenoxy) is 1. The summed E-state index contributed by atoms with van der Waals surface area (Å²) in [7, 11) is 3.89. The molecule has 1 fully saturated rings. The summed E-state index contributed by atoms with van der Waals surface area (Å²) >= 11 is 0. The number of aromatic amines is 1. The van der Waals surface area contributed by atoms with Gasteiger partial charge >= 0.3 is 0 Å². The number of benzene rings is 1. The van der Waals surface area contributed by atoms with Crippen LogP contribution in [-0.2, 0) is 4.79 Å². The molecule has 0 spiro atoms. The van der Waals surface area contributed by atoms with Gasteiger partial charge in [0.25, 0.3) is 6.47 Å². The highest BCUT2D eigenvalue weighted by molar-refractivity contribution is 6.00. The summed E-state index contributed by atoms with van der Waals surface area (Å²) < 4.78 is 5.78. The predicted octanol–water partition coefficient (Wildman–Crippen LogP) is 1.54. The number of likely N-dealkylation sites (N-methyl/N-ethyl adjacent to an activating group) is 1. The maximum Gasteiger partial charge on any atom is 0.290 e. The van der Waals surface area contributed by atoms with Crippen LogP contribution in [0.5, 0.6) is 5.75 Å². The number of methoxy groups -OCH3 is 1. The lowest BCUT2D eigenvalue weighted by molar-refractivity contribution is -0.122. The molecule has 6 rings (SSSR count). The third-order valence-electron chi connectivity index (χ3n) is 7.58. The van der Waals surface area contributed by atoms with Crippen LogP contribution in [0.25, 0.3) is 10.9 Å². The van der Waals surface area contributed by atoms with E-state index in [0.717, 1.165) is 79.4 Å². The number of aliphatic imine (C=N–C) groups is 1. The van der Waals surface area contributed by atoms with E-state index < -0.39 is 5.66 Å². The minimum absolute atomic E-state index is 0.115. The smallest absolute Gasteiger partial charge is 0.290 e. The van der Waals surface area contributed by atoms with Gasteiger partial charge in [-0.1, -0.05) is 12.2 Å². The van der Waals surface area contributed by atoms with Gasteiger partial charge in [0.15, 0.2) is 5.66 Å². The number of hydrogen-bond donors (Lipinski definition) is 5. The number of aromatic nitrogens is 2. The molecular formula is C25H34N8O3. The minimum atomic E-state index is -0.610. The Bertz CT molecular complexity index is 1210. The summed E-state index contributed by atoms with van der Waals surface area (Å²) in [6.07, 6.45) is 9.52. The van der Waals surface area contributed by atoms with Crippen LogP contribution < -0.4 is 21.1 Å². The van der Waals surface area contributed by atoms with Gasteiger partial charge in [-0.2, -0.15) is 5.10 Å². The fourth-order valence-electron chi connectivity index (χ4n) is 5.87. The summed E-state index contributed by atoms with van der Waals surface area (Å²) in [5, 5.41) is 22.4. The van der Waals surface area contributed by atoms with E-state index in [1.807, 2.05) is 12.3 Å². The van der Waals surface area contributed by atoms with E-state index in [-0.39, 0.29) is 12.5 Å². The zero-order chi connectivity index (χ0) is 25.3. The van der Waals surface area contributed by atoms with Gasteiger partial charge in [0.2, 0.25) is 0 Å². The molecule has 4 aliphatic rings. The number of fused-ring (bicyclic) bond motifs is 2. The first-order valence-corrected chi connectivity index (χ1v) is 12.3. The first kappa shape index (κ1) is 24.1. The maximum atomic E-state index is 8.36. The van der Waals surface area contributed by atoms with Crippen LogP contribution >= 0.6 is 0 Å². The summed E-state index contributed by atoms with van der Waals surface area (Å²) in [6.45, 7) is 3.84. The van der Waals surface area contributed by atoms with E-state index in [9.17, 15) is 0 Å². The molecule has 3 unspecified atom stereocenters. The average Bonchev–Trinajstić information content (AvgIpc) is 3.33. The molecule has 1 aromatic carbocycles. The molecule has 1 aliphatic carbocycles. The van der Waals surface area contributed by atoms with Gasteiger partial charge in [0.1, 0.15) is 23.4 Å². The largest absolute Gasteiger partial charge is 0.495 e. The van der Waals surface area contributed by atoms with Crippen LogP contribution in [0.3, 0.4) is 0 Å². The number of piperazine rings is 1. The first-order valence-electron chi connectivity index (χ1n) is 12.3. The van der Waals surface area contributed by atoms with E-state index in [4.69, 9.17) is 25.4 Å². The molecule has 0 amide bonds. The Labute approximate surface area is 210 Å². The number of H-pyrrole nitrogens is 1. The van der Waals surface area contributed by atoms with Crippen molar-refractivity contribution in [1.29, 1.82) is 0 Å². The van der Waals surface area contributed by atoms with E-state index >= 15 is 0 Å². The number of anilines is 1. The molecule has 1 saturated heterocycles. The van der Waals surface area contributed by atoms with Crippen molar-refractivity contribution < 1.29 is 14.6 Å². The molecule has 0 radical (unpaired) electrons. The molecule has 36 heavy (non-hydrogen) atoms. The molecule has 192 valence electrons. The highest BCUT2D eigenvalue weighted by Crippen LogP contribution is 2.48. The highest BCUT2D eigenvalue weighted by atomic mass is 16.5. The molecular weight excluding hydrogens is 460 g/mol. The Hall–Kier alpha value is -3.57. The van der Waals surface area contributed by atoms with Gasteiger partial charge in [0, 0.05) is 43.2 Å². The number of nitrogens with one attached hydrogen (secondary N) is 3. The molecule has 3 atom stereocenters. The number of allylic oxidation sites excluding steroid dienone is 2. The molecule has 1 aromatic heterocycles. The lowest BCUT2D eigenvalue weighted by atomic mass is 9.71. The second kappa shape index (κ2) is 9.82. The quantitative estimate of drug-likeness (QED) is 0.309. The third-order valence-corrected chi connectivity index (χ3v) is 7.58. The lowest BCUT2D eigenvalue weighted by Crippen LogP contribution is -2.76. The molecule has 0 saturated carbocycles. The molecule has 4 heterocycles. The third kappa shape index (κ3) is 4.07. The lowest BCUT2D eigenvalue weighted by Gasteiger charge is -2.58. The molecule has 3 aliphatic heterocycles. The van der Waals surface area contributed by atoms with E-state index in [2.05, 4.69) is 55.9 Å². The summed E-state index contributed by atoms with van der Waals surface area (Å²) in [4.78, 5) is 18.5. The Morgan fingerprint density at radius 1 is 1.28 bits per heavy atom. The van der Waals surface area contributed by atoms with Crippen LogP contribution in [-0.4, -0.2) is 89.5 Å². The second-order valence-electron chi connectivity index (χ2n) is 9.68. The SMILES string of the molecule is COc1cc2[nH]ncc2cc1NC12N=C(NC(N)=C1C1CC=CCC1)C2N1CCN(C)CC1.O=CO. The van der Waals surface area contributed by atoms with Crippen LogP contribution in [0.1, 0.15) is 19.3 Å². The molecule has 2 aromatic rings. The van der Waals surface area contributed by atoms with Crippen molar-refractivity contribution in [2.75, 3.05) is 45.7 Å². The van der Waals surface area contributed by atoms with Crippen molar-refractivity contribution in [3.05, 3.63) is 41.9 Å². The zero-order valence-corrected chi connectivity index (χ0v) is 20.7. The second-order valence-corrected chi connectivity index (χ2v) is 9.68. The van der Waals surface area contributed by atoms with Crippen molar-refractivity contribution in [2.45, 2.75) is 31.0 Å². The fraction of sp³-hybridized carbons (Fsp3) is 0.480. The van der Waals surface area contributed by atoms with Gasteiger partial charge < -0.3 is 31.1 Å². The normalized spacial score (nSPS) is 27.9. The van der Waals surface area contributed by atoms with Gasteiger partial charge in [-0.15, -0.1) is 0 Å². The van der Waals surface area contributed by atoms with Crippen molar-refractivity contribution >= 4 is 28.9 Å². The Morgan fingerprint density at radius 2 is 2.06 bits per heavy atom. The predicted molar refractivity (Wildman–Crippen MR) is 139 cm³/mol. The minimum Gasteiger partial charge on any atom is -0.495 e. The summed E-state index contributed by atoms with van der Waals surface area (Å²) in [6, 6.07) is 4.20.